The molecule has 0 aliphatic heterocycles. The Bertz CT molecular complexity index is 721. The van der Waals surface area contributed by atoms with Gasteiger partial charge in [0, 0.05) is 12.7 Å². The number of nitroso groups, excluding NO2 is 1. The highest BCUT2D eigenvalue weighted by atomic mass is 19.4. The van der Waals surface area contributed by atoms with E-state index in [0.29, 0.717) is 17.8 Å². The molecule has 3 nitrogen and oxygen atoms in total. The Morgan fingerprint density at radius 2 is 1.16 bits per heavy atom. The second-order valence-electron chi connectivity index (χ2n) is 5.21. The van der Waals surface area contributed by atoms with Crippen molar-refractivity contribution in [3.63, 3.8) is 0 Å². The molecular formula is C16H12F6N2O. The van der Waals surface area contributed by atoms with Crippen LogP contribution in [0.1, 0.15) is 11.1 Å². The van der Waals surface area contributed by atoms with Gasteiger partial charge >= 0.3 is 12.4 Å². The molecule has 0 atom stereocenters. The summed E-state index contributed by atoms with van der Waals surface area (Å²) in [5.41, 5.74) is -6.15. The minimum Gasteiger partial charge on any atom is -0.388 e. The van der Waals surface area contributed by atoms with E-state index in [-0.39, 0.29) is 5.69 Å². The van der Waals surface area contributed by atoms with Crippen molar-refractivity contribution in [1.82, 2.24) is 0 Å². The first kappa shape index (κ1) is 18.8. The summed E-state index contributed by atoms with van der Waals surface area (Å²) in [7, 11) is 1.49. The van der Waals surface area contributed by atoms with Crippen LogP contribution >= 0.6 is 0 Å². The third-order valence-electron chi connectivity index (χ3n) is 3.86. The van der Waals surface area contributed by atoms with Gasteiger partial charge in [0.2, 0.25) is 5.41 Å². The molecule has 0 unspecified atom stereocenters. The lowest BCUT2D eigenvalue weighted by Crippen LogP contribution is -2.54. The maximum atomic E-state index is 13.8. The number of nitrogens with zero attached hydrogens (tertiary/aromatic N) is 1. The van der Waals surface area contributed by atoms with Gasteiger partial charge in [-0.05, 0) is 40.6 Å². The monoisotopic (exact) mass is 362 g/mol. The molecule has 0 heterocycles. The predicted octanol–water partition coefficient (Wildman–Crippen LogP) is 5.54. The normalized spacial score (nSPS) is 12.8. The van der Waals surface area contributed by atoms with Crippen molar-refractivity contribution < 1.29 is 26.3 Å². The quantitative estimate of drug-likeness (QED) is 0.573. The Labute approximate surface area is 138 Å². The first-order valence-electron chi connectivity index (χ1n) is 6.93. The summed E-state index contributed by atoms with van der Waals surface area (Å²) in [6.07, 6.45) is -11.3. The lowest BCUT2D eigenvalue weighted by Gasteiger charge is -2.38. The van der Waals surface area contributed by atoms with E-state index < -0.39 is 28.9 Å². The molecular weight excluding hydrogens is 350 g/mol. The number of rotatable bonds is 4. The van der Waals surface area contributed by atoms with Gasteiger partial charge in [-0.25, -0.2) is 0 Å². The highest BCUT2D eigenvalue weighted by Gasteiger charge is 2.72. The fourth-order valence-corrected chi connectivity index (χ4v) is 2.64. The fourth-order valence-electron chi connectivity index (χ4n) is 2.64. The fraction of sp³-hybridized carbons (Fsp3) is 0.250. The van der Waals surface area contributed by atoms with Crippen molar-refractivity contribution in [1.29, 1.82) is 0 Å². The van der Waals surface area contributed by atoms with Gasteiger partial charge < -0.3 is 5.32 Å². The average Bonchev–Trinajstić information content (AvgIpc) is 2.54. The second kappa shape index (κ2) is 6.38. The van der Waals surface area contributed by atoms with E-state index in [9.17, 15) is 31.2 Å². The third kappa shape index (κ3) is 3.06. The molecule has 0 saturated carbocycles. The summed E-state index contributed by atoms with van der Waals surface area (Å²) < 4.78 is 82.7. The average molecular weight is 362 g/mol. The molecule has 0 spiro atoms. The molecule has 2 aromatic rings. The van der Waals surface area contributed by atoms with E-state index in [4.69, 9.17) is 0 Å². The zero-order valence-electron chi connectivity index (χ0n) is 12.7. The Kier molecular flexibility index (Phi) is 4.79. The summed E-state index contributed by atoms with van der Waals surface area (Å²) in [5, 5.41) is 5.12. The molecule has 0 fully saturated rings. The van der Waals surface area contributed by atoms with E-state index in [2.05, 4.69) is 10.5 Å². The van der Waals surface area contributed by atoms with Crippen molar-refractivity contribution in [3.8, 4) is 0 Å². The highest BCUT2D eigenvalue weighted by Crippen LogP contribution is 2.56. The first-order chi connectivity index (χ1) is 11.6. The molecule has 0 aliphatic rings. The molecule has 2 aromatic carbocycles. The maximum absolute atomic E-state index is 13.8. The van der Waals surface area contributed by atoms with Crippen LogP contribution in [0.25, 0.3) is 0 Å². The molecule has 2 rings (SSSR count). The van der Waals surface area contributed by atoms with Crippen LogP contribution in [0.15, 0.2) is 53.7 Å². The first-order valence-corrected chi connectivity index (χ1v) is 6.93. The Balaban J connectivity index is 2.82. The zero-order valence-corrected chi connectivity index (χ0v) is 12.7. The minimum absolute atomic E-state index is 0.271. The van der Waals surface area contributed by atoms with E-state index in [1.807, 2.05) is 0 Å². The number of hydrogen-bond acceptors (Lipinski definition) is 3. The summed E-state index contributed by atoms with van der Waals surface area (Å²) >= 11 is 0. The number of halogens is 6. The van der Waals surface area contributed by atoms with Crippen molar-refractivity contribution in [2.24, 2.45) is 5.18 Å². The van der Waals surface area contributed by atoms with Crippen LogP contribution < -0.4 is 5.32 Å². The molecule has 9 heteroatoms. The summed E-state index contributed by atoms with van der Waals surface area (Å²) in [5.74, 6) is 0. The van der Waals surface area contributed by atoms with Gasteiger partial charge in [-0.3, -0.25) is 0 Å². The maximum Gasteiger partial charge on any atom is 0.411 e. The third-order valence-corrected chi connectivity index (χ3v) is 3.86. The van der Waals surface area contributed by atoms with Crippen LogP contribution in [-0.2, 0) is 5.41 Å². The zero-order chi connectivity index (χ0) is 18.9. The topological polar surface area (TPSA) is 41.5 Å². The Morgan fingerprint density at radius 3 is 1.48 bits per heavy atom. The molecule has 0 bridgehead atoms. The molecule has 0 aliphatic carbocycles. The smallest absolute Gasteiger partial charge is 0.388 e. The molecule has 1 N–H and O–H groups in total. The molecule has 0 aromatic heterocycles. The van der Waals surface area contributed by atoms with Crippen LogP contribution in [0.2, 0.25) is 0 Å². The molecule has 0 radical (unpaired) electrons. The molecule has 0 saturated heterocycles. The van der Waals surface area contributed by atoms with E-state index in [1.165, 1.54) is 7.05 Å². The molecule has 134 valence electrons. The lowest BCUT2D eigenvalue weighted by atomic mass is 9.73. The van der Waals surface area contributed by atoms with Crippen molar-refractivity contribution in [3.05, 3.63) is 64.6 Å². The van der Waals surface area contributed by atoms with Crippen molar-refractivity contribution in [2.75, 3.05) is 12.4 Å². The second-order valence-corrected chi connectivity index (χ2v) is 5.21. The number of hydrogen-bond donors (Lipinski definition) is 1. The van der Waals surface area contributed by atoms with E-state index in [0.717, 1.165) is 36.4 Å². The van der Waals surface area contributed by atoms with Crippen LogP contribution in [0.4, 0.5) is 37.7 Å². The van der Waals surface area contributed by atoms with Gasteiger partial charge in [-0.1, -0.05) is 24.3 Å². The molecule has 0 amide bonds. The van der Waals surface area contributed by atoms with Crippen LogP contribution in [0.3, 0.4) is 0 Å². The Hall–Kier alpha value is -2.58. The summed E-state index contributed by atoms with van der Waals surface area (Å²) in [6.45, 7) is 0. The lowest BCUT2D eigenvalue weighted by molar-refractivity contribution is -0.288. The van der Waals surface area contributed by atoms with Gasteiger partial charge in [0.05, 0.1) is 0 Å². The predicted molar refractivity (Wildman–Crippen MR) is 80.8 cm³/mol. The van der Waals surface area contributed by atoms with E-state index >= 15 is 0 Å². The van der Waals surface area contributed by atoms with Crippen LogP contribution in [0.5, 0.6) is 0 Å². The number of anilines is 1. The Morgan fingerprint density at radius 1 is 0.760 bits per heavy atom. The number of nitrogens with one attached hydrogen (secondary N) is 1. The van der Waals surface area contributed by atoms with Gasteiger partial charge in [0.15, 0.2) is 0 Å². The minimum atomic E-state index is -5.66. The van der Waals surface area contributed by atoms with Gasteiger partial charge in [0.25, 0.3) is 0 Å². The standard InChI is InChI=1S/C16H12F6N2O/c1-23-12-6-2-10(3-7-12)14(15(17,18)19,16(20,21)22)11-4-8-13(24-25)9-5-11/h2-9,23H,1H3. The van der Waals surface area contributed by atoms with Crippen molar-refractivity contribution >= 4 is 11.4 Å². The largest absolute Gasteiger partial charge is 0.411 e. The number of alkyl halides is 6. The van der Waals surface area contributed by atoms with Crippen LogP contribution in [0, 0.1) is 4.91 Å². The summed E-state index contributed by atoms with van der Waals surface area (Å²) in [6, 6.07) is 6.67. The van der Waals surface area contributed by atoms with Gasteiger partial charge in [0.1, 0.15) is 5.69 Å². The van der Waals surface area contributed by atoms with Crippen molar-refractivity contribution in [2.45, 2.75) is 17.8 Å². The van der Waals surface area contributed by atoms with Gasteiger partial charge in [-0.2, -0.15) is 26.3 Å². The van der Waals surface area contributed by atoms with Gasteiger partial charge in [-0.15, -0.1) is 4.91 Å². The van der Waals surface area contributed by atoms with E-state index in [1.54, 1.807) is 0 Å². The molecule has 25 heavy (non-hydrogen) atoms. The number of benzene rings is 2. The van der Waals surface area contributed by atoms with Crippen LogP contribution in [-0.4, -0.2) is 19.4 Å². The SMILES string of the molecule is CNc1ccc(C(c2ccc(N=O)cc2)(C(F)(F)F)C(F)(F)F)cc1. The highest BCUT2D eigenvalue weighted by molar-refractivity contribution is 5.52. The summed E-state index contributed by atoms with van der Waals surface area (Å²) in [4.78, 5) is 10.4.